The van der Waals surface area contributed by atoms with Crippen LogP contribution in [0.3, 0.4) is 0 Å². The molecule has 0 radical (unpaired) electrons. The molecule has 5 heteroatoms. The fourth-order valence-corrected chi connectivity index (χ4v) is 3.21. The summed E-state index contributed by atoms with van der Waals surface area (Å²) in [6, 6.07) is 6.35. The van der Waals surface area contributed by atoms with Crippen LogP contribution in [0, 0.1) is 0 Å². The molecule has 0 aromatic heterocycles. The van der Waals surface area contributed by atoms with Gasteiger partial charge in [-0.05, 0) is 31.2 Å². The topological polar surface area (TPSA) is 37.0 Å². The van der Waals surface area contributed by atoms with Gasteiger partial charge in [-0.3, -0.25) is 4.90 Å². The van der Waals surface area contributed by atoms with Crippen molar-refractivity contribution in [3.8, 4) is 11.5 Å². The summed E-state index contributed by atoms with van der Waals surface area (Å²) in [4.78, 5) is 4.77. The first-order valence-corrected chi connectivity index (χ1v) is 8.20. The molecule has 1 atom stereocenters. The Morgan fingerprint density at radius 2 is 2.00 bits per heavy atom. The predicted molar refractivity (Wildman–Crippen MR) is 87.7 cm³/mol. The van der Waals surface area contributed by atoms with Crippen molar-refractivity contribution in [1.82, 2.24) is 15.1 Å². The standard InChI is InChI=1S/C17H27N3O2/c1-19-8-5-15(13-19)22-16-4-3-14(11-17(16)21-2)12-20-9-6-18-7-10-20/h3-4,11,15,18H,5-10,12-13H2,1-2H3. The van der Waals surface area contributed by atoms with Gasteiger partial charge in [-0.1, -0.05) is 6.07 Å². The van der Waals surface area contributed by atoms with Gasteiger partial charge in [0.25, 0.3) is 0 Å². The van der Waals surface area contributed by atoms with Gasteiger partial charge in [0.15, 0.2) is 11.5 Å². The Hall–Kier alpha value is -1.30. The molecule has 2 aliphatic heterocycles. The minimum atomic E-state index is 0.276. The first-order chi connectivity index (χ1) is 10.7. The first kappa shape index (κ1) is 15.6. The number of likely N-dealkylation sites (N-methyl/N-ethyl adjacent to an activating group) is 1. The molecule has 22 heavy (non-hydrogen) atoms. The van der Waals surface area contributed by atoms with Crippen molar-refractivity contribution in [2.75, 3.05) is 53.4 Å². The van der Waals surface area contributed by atoms with Gasteiger partial charge < -0.3 is 19.7 Å². The van der Waals surface area contributed by atoms with Crippen molar-refractivity contribution >= 4 is 0 Å². The van der Waals surface area contributed by atoms with Crippen LogP contribution in [-0.2, 0) is 6.54 Å². The van der Waals surface area contributed by atoms with Crippen LogP contribution in [0.2, 0.25) is 0 Å². The second-order valence-electron chi connectivity index (χ2n) is 6.30. The summed E-state index contributed by atoms with van der Waals surface area (Å²) < 4.78 is 11.7. The normalized spacial score (nSPS) is 23.6. The number of likely N-dealkylation sites (tertiary alicyclic amines) is 1. The zero-order chi connectivity index (χ0) is 15.4. The van der Waals surface area contributed by atoms with Gasteiger partial charge in [0, 0.05) is 45.8 Å². The van der Waals surface area contributed by atoms with E-state index in [1.54, 1.807) is 7.11 Å². The van der Waals surface area contributed by atoms with E-state index in [0.717, 1.165) is 63.7 Å². The number of nitrogens with one attached hydrogen (secondary N) is 1. The third-order valence-corrected chi connectivity index (χ3v) is 4.49. The van der Waals surface area contributed by atoms with Crippen LogP contribution in [0.4, 0.5) is 0 Å². The summed E-state index contributed by atoms with van der Waals surface area (Å²) in [6.45, 7) is 7.44. The van der Waals surface area contributed by atoms with Crippen molar-refractivity contribution in [2.45, 2.75) is 19.1 Å². The Morgan fingerprint density at radius 1 is 1.18 bits per heavy atom. The third-order valence-electron chi connectivity index (χ3n) is 4.49. The fourth-order valence-electron chi connectivity index (χ4n) is 3.21. The molecule has 5 nitrogen and oxygen atoms in total. The summed E-state index contributed by atoms with van der Waals surface area (Å²) in [7, 11) is 3.86. The summed E-state index contributed by atoms with van der Waals surface area (Å²) in [5.74, 6) is 1.72. The SMILES string of the molecule is COc1cc(CN2CCNCC2)ccc1OC1CCN(C)C1. The van der Waals surface area contributed by atoms with E-state index in [1.807, 2.05) is 0 Å². The van der Waals surface area contributed by atoms with Crippen LogP contribution in [0.1, 0.15) is 12.0 Å². The minimum Gasteiger partial charge on any atom is -0.493 e. The second kappa shape index (κ2) is 7.31. The average Bonchev–Trinajstić information content (AvgIpc) is 2.95. The van der Waals surface area contributed by atoms with Gasteiger partial charge in [-0.25, -0.2) is 0 Å². The molecule has 0 spiro atoms. The number of ether oxygens (including phenoxy) is 2. The second-order valence-corrected chi connectivity index (χ2v) is 6.30. The van der Waals surface area contributed by atoms with Gasteiger partial charge in [0.1, 0.15) is 6.10 Å². The Balaban J connectivity index is 1.64. The lowest BCUT2D eigenvalue weighted by atomic mass is 10.1. The number of hydrogen-bond acceptors (Lipinski definition) is 5. The Bertz CT molecular complexity index is 489. The highest BCUT2D eigenvalue weighted by atomic mass is 16.5. The van der Waals surface area contributed by atoms with E-state index < -0.39 is 0 Å². The van der Waals surface area contributed by atoms with Crippen LogP contribution >= 0.6 is 0 Å². The predicted octanol–water partition coefficient (Wildman–Crippen LogP) is 1.18. The van der Waals surface area contributed by atoms with Crippen LogP contribution in [-0.4, -0.2) is 69.3 Å². The monoisotopic (exact) mass is 305 g/mol. The van der Waals surface area contributed by atoms with Gasteiger partial charge in [0.05, 0.1) is 7.11 Å². The van der Waals surface area contributed by atoms with Gasteiger partial charge in [0.2, 0.25) is 0 Å². The molecule has 0 aliphatic carbocycles. The van der Waals surface area contributed by atoms with Crippen molar-refractivity contribution in [2.24, 2.45) is 0 Å². The lowest BCUT2D eigenvalue weighted by Gasteiger charge is -2.27. The fraction of sp³-hybridized carbons (Fsp3) is 0.647. The highest BCUT2D eigenvalue weighted by molar-refractivity contribution is 5.43. The summed E-state index contributed by atoms with van der Waals surface area (Å²) in [6.07, 6.45) is 1.36. The average molecular weight is 305 g/mol. The van der Waals surface area contributed by atoms with Crippen LogP contribution in [0.25, 0.3) is 0 Å². The molecule has 2 aliphatic rings. The number of benzene rings is 1. The lowest BCUT2D eigenvalue weighted by molar-refractivity contribution is 0.199. The molecule has 0 bridgehead atoms. The van der Waals surface area contributed by atoms with Gasteiger partial charge >= 0.3 is 0 Å². The summed E-state index contributed by atoms with van der Waals surface area (Å²) >= 11 is 0. The first-order valence-electron chi connectivity index (χ1n) is 8.20. The molecule has 1 unspecified atom stereocenters. The lowest BCUT2D eigenvalue weighted by Crippen LogP contribution is -2.42. The largest absolute Gasteiger partial charge is 0.493 e. The molecule has 2 heterocycles. The summed E-state index contributed by atoms with van der Waals surface area (Å²) in [5, 5.41) is 3.39. The van der Waals surface area contributed by atoms with Crippen LogP contribution in [0.15, 0.2) is 18.2 Å². The van der Waals surface area contributed by atoms with E-state index in [2.05, 4.69) is 40.4 Å². The molecule has 2 saturated heterocycles. The number of methoxy groups -OCH3 is 1. The Morgan fingerprint density at radius 3 is 2.68 bits per heavy atom. The van der Waals surface area contributed by atoms with Crippen molar-refractivity contribution in [3.05, 3.63) is 23.8 Å². The molecule has 2 fully saturated rings. The van der Waals surface area contributed by atoms with Gasteiger partial charge in [-0.2, -0.15) is 0 Å². The molecule has 0 saturated carbocycles. The number of rotatable bonds is 5. The maximum absolute atomic E-state index is 6.12. The molecule has 1 aromatic rings. The zero-order valence-corrected chi connectivity index (χ0v) is 13.7. The van der Waals surface area contributed by atoms with Crippen LogP contribution < -0.4 is 14.8 Å². The van der Waals surface area contributed by atoms with E-state index in [1.165, 1.54) is 5.56 Å². The van der Waals surface area contributed by atoms with Crippen molar-refractivity contribution in [1.29, 1.82) is 0 Å². The minimum absolute atomic E-state index is 0.276. The zero-order valence-electron chi connectivity index (χ0n) is 13.7. The van der Waals surface area contributed by atoms with E-state index in [-0.39, 0.29) is 6.10 Å². The highest BCUT2D eigenvalue weighted by Crippen LogP contribution is 2.30. The summed E-state index contributed by atoms with van der Waals surface area (Å²) in [5.41, 5.74) is 1.29. The molecule has 0 amide bonds. The molecule has 1 N–H and O–H groups in total. The number of nitrogens with zero attached hydrogens (tertiary/aromatic N) is 2. The van der Waals surface area contributed by atoms with E-state index >= 15 is 0 Å². The molecular weight excluding hydrogens is 278 g/mol. The van der Waals surface area contributed by atoms with E-state index in [9.17, 15) is 0 Å². The maximum Gasteiger partial charge on any atom is 0.161 e. The number of hydrogen-bond donors (Lipinski definition) is 1. The Kier molecular flexibility index (Phi) is 5.18. The maximum atomic E-state index is 6.12. The quantitative estimate of drug-likeness (QED) is 0.884. The van der Waals surface area contributed by atoms with E-state index in [4.69, 9.17) is 9.47 Å². The number of piperazine rings is 1. The van der Waals surface area contributed by atoms with Crippen molar-refractivity contribution in [3.63, 3.8) is 0 Å². The van der Waals surface area contributed by atoms with Crippen LogP contribution in [0.5, 0.6) is 11.5 Å². The van der Waals surface area contributed by atoms with Gasteiger partial charge in [-0.15, -0.1) is 0 Å². The highest BCUT2D eigenvalue weighted by Gasteiger charge is 2.22. The molecule has 3 rings (SSSR count). The molecule has 1 aromatic carbocycles. The van der Waals surface area contributed by atoms with E-state index in [0.29, 0.717) is 0 Å². The Labute approximate surface area is 133 Å². The molecule has 122 valence electrons. The van der Waals surface area contributed by atoms with Crippen molar-refractivity contribution < 1.29 is 9.47 Å². The molecular formula is C17H27N3O2. The smallest absolute Gasteiger partial charge is 0.161 e. The third kappa shape index (κ3) is 3.91.